The Morgan fingerprint density at radius 3 is 2.55 bits per heavy atom. The van der Waals surface area contributed by atoms with Gasteiger partial charge < -0.3 is 23.7 Å². The minimum absolute atomic E-state index is 0.0762. The lowest BCUT2D eigenvalue weighted by atomic mass is 9.99. The summed E-state index contributed by atoms with van der Waals surface area (Å²) < 4.78 is 33.2. The predicted octanol–water partition coefficient (Wildman–Crippen LogP) is 3.33. The molecular formula is C31H36FN5O5. The summed E-state index contributed by atoms with van der Waals surface area (Å²) in [4.78, 5) is 31.3. The summed E-state index contributed by atoms with van der Waals surface area (Å²) in [7, 11) is 5.07. The number of carbonyl (C=O) groups excluding carboxylic acids is 2. The fourth-order valence-corrected chi connectivity index (χ4v) is 5.38. The van der Waals surface area contributed by atoms with E-state index in [9.17, 15) is 14.0 Å². The van der Waals surface area contributed by atoms with Gasteiger partial charge in [0.1, 0.15) is 23.9 Å². The maximum Gasteiger partial charge on any atom is 0.262 e. The molecule has 1 saturated heterocycles. The van der Waals surface area contributed by atoms with Gasteiger partial charge in [-0.15, -0.1) is 0 Å². The van der Waals surface area contributed by atoms with E-state index in [0.717, 1.165) is 30.1 Å². The summed E-state index contributed by atoms with van der Waals surface area (Å²) in [5.41, 5.74) is 2.26. The Labute approximate surface area is 244 Å². The SMILES string of the molecule is COc1ccc(OC)c([C@@H]2CC(c3cccn3C)=NN2C(=O)CN(CCN2CCOCC2)C(=O)c2ccccc2F)c1. The Morgan fingerprint density at radius 1 is 1.07 bits per heavy atom. The molecule has 0 aliphatic carbocycles. The van der Waals surface area contributed by atoms with Crippen molar-refractivity contribution < 1.29 is 28.2 Å². The fraction of sp³-hybridized carbons (Fsp3) is 0.387. The van der Waals surface area contributed by atoms with Gasteiger partial charge in [-0.3, -0.25) is 14.5 Å². The van der Waals surface area contributed by atoms with Crippen molar-refractivity contribution >= 4 is 17.5 Å². The zero-order valence-corrected chi connectivity index (χ0v) is 24.2. The van der Waals surface area contributed by atoms with Crippen LogP contribution in [0.2, 0.25) is 0 Å². The maximum absolute atomic E-state index is 14.7. The average molecular weight is 578 g/mol. The van der Waals surface area contributed by atoms with Gasteiger partial charge in [-0.1, -0.05) is 12.1 Å². The highest BCUT2D eigenvalue weighted by atomic mass is 19.1. The van der Waals surface area contributed by atoms with Crippen LogP contribution in [0.25, 0.3) is 0 Å². The molecule has 1 aromatic heterocycles. The second-order valence-electron chi connectivity index (χ2n) is 10.3. The number of ether oxygens (including phenoxy) is 3. The largest absolute Gasteiger partial charge is 0.497 e. The Hall–Kier alpha value is -4.22. The molecular weight excluding hydrogens is 541 g/mol. The monoisotopic (exact) mass is 577 g/mol. The molecule has 222 valence electrons. The molecule has 11 heteroatoms. The molecule has 10 nitrogen and oxygen atoms in total. The third kappa shape index (κ3) is 6.32. The number of methoxy groups -OCH3 is 2. The smallest absolute Gasteiger partial charge is 0.262 e. The minimum Gasteiger partial charge on any atom is -0.497 e. The lowest BCUT2D eigenvalue weighted by Crippen LogP contribution is -2.46. The number of carbonyl (C=O) groups is 2. The predicted molar refractivity (Wildman–Crippen MR) is 155 cm³/mol. The summed E-state index contributed by atoms with van der Waals surface area (Å²) in [6, 6.07) is 14.6. The number of hydrogen-bond acceptors (Lipinski definition) is 7. The molecule has 0 unspecified atom stereocenters. The van der Waals surface area contributed by atoms with E-state index in [1.54, 1.807) is 32.4 Å². The van der Waals surface area contributed by atoms with Crippen LogP contribution in [-0.4, -0.2) is 97.1 Å². The Kier molecular flexibility index (Phi) is 9.19. The highest BCUT2D eigenvalue weighted by molar-refractivity contribution is 6.03. The third-order valence-corrected chi connectivity index (χ3v) is 7.71. The molecule has 3 heterocycles. The zero-order valence-electron chi connectivity index (χ0n) is 24.2. The van der Waals surface area contributed by atoms with E-state index in [0.29, 0.717) is 37.7 Å². The summed E-state index contributed by atoms with van der Waals surface area (Å²) >= 11 is 0. The summed E-state index contributed by atoms with van der Waals surface area (Å²) in [6.45, 7) is 3.16. The standard InChI is InChI=1S/C31H36FN5O5/c1-34-12-6-9-27(34)26-20-28(24-19-22(40-2)10-11-29(24)41-3)37(33-26)30(38)21-36(14-13-35-15-17-42-18-16-35)31(39)23-7-4-5-8-25(23)32/h4-12,19,28H,13-18,20-21H2,1-3H3/t28-/m0/s1. The van der Waals surface area contributed by atoms with Gasteiger partial charge in [-0.2, -0.15) is 5.10 Å². The number of aromatic nitrogens is 1. The van der Waals surface area contributed by atoms with Crippen molar-refractivity contribution in [3.8, 4) is 11.5 Å². The number of rotatable bonds is 10. The lowest BCUT2D eigenvalue weighted by molar-refractivity contribution is -0.133. The highest BCUT2D eigenvalue weighted by Gasteiger charge is 2.37. The van der Waals surface area contributed by atoms with Crippen LogP contribution in [0.5, 0.6) is 11.5 Å². The maximum atomic E-state index is 14.7. The van der Waals surface area contributed by atoms with Crippen LogP contribution in [0, 0.1) is 5.82 Å². The lowest BCUT2D eigenvalue weighted by Gasteiger charge is -2.31. The van der Waals surface area contributed by atoms with E-state index >= 15 is 0 Å². The van der Waals surface area contributed by atoms with Gasteiger partial charge in [0.25, 0.3) is 11.8 Å². The fourth-order valence-electron chi connectivity index (χ4n) is 5.38. The second-order valence-corrected chi connectivity index (χ2v) is 10.3. The molecule has 3 aromatic rings. The van der Waals surface area contributed by atoms with Gasteiger partial charge in [0.2, 0.25) is 0 Å². The topological polar surface area (TPSA) is 88.8 Å². The molecule has 1 fully saturated rings. The van der Waals surface area contributed by atoms with Crippen molar-refractivity contribution in [3.63, 3.8) is 0 Å². The molecule has 0 spiro atoms. The number of amides is 2. The first-order valence-corrected chi connectivity index (χ1v) is 14.0. The van der Waals surface area contributed by atoms with Crippen molar-refractivity contribution in [1.82, 2.24) is 19.4 Å². The molecule has 5 rings (SSSR count). The van der Waals surface area contributed by atoms with Crippen molar-refractivity contribution in [3.05, 3.63) is 83.4 Å². The van der Waals surface area contributed by atoms with Gasteiger partial charge in [-0.05, 0) is 42.5 Å². The average Bonchev–Trinajstić information content (AvgIpc) is 3.65. The zero-order chi connectivity index (χ0) is 29.6. The molecule has 1 atom stereocenters. The second kappa shape index (κ2) is 13.2. The van der Waals surface area contributed by atoms with Crippen molar-refractivity contribution in [2.24, 2.45) is 12.1 Å². The molecule has 2 aliphatic rings. The normalized spacial score (nSPS) is 17.2. The molecule has 42 heavy (non-hydrogen) atoms. The first kappa shape index (κ1) is 29.3. The van der Waals surface area contributed by atoms with Gasteiger partial charge >= 0.3 is 0 Å². The van der Waals surface area contributed by atoms with Gasteiger partial charge in [0.05, 0.1) is 50.4 Å². The van der Waals surface area contributed by atoms with Crippen LogP contribution >= 0.6 is 0 Å². The minimum atomic E-state index is -0.629. The molecule has 0 radical (unpaired) electrons. The Balaban J connectivity index is 1.46. The van der Waals surface area contributed by atoms with E-state index < -0.39 is 17.8 Å². The van der Waals surface area contributed by atoms with Crippen LogP contribution in [0.15, 0.2) is 65.9 Å². The van der Waals surface area contributed by atoms with Crippen LogP contribution in [0.1, 0.15) is 34.1 Å². The summed E-state index contributed by atoms with van der Waals surface area (Å²) in [6.07, 6.45) is 2.35. The van der Waals surface area contributed by atoms with Gasteiger partial charge in [0.15, 0.2) is 0 Å². The highest BCUT2D eigenvalue weighted by Crippen LogP contribution is 2.39. The first-order valence-electron chi connectivity index (χ1n) is 14.0. The van der Waals surface area contributed by atoms with Crippen LogP contribution < -0.4 is 9.47 Å². The number of morpholine rings is 1. The first-order chi connectivity index (χ1) is 20.4. The van der Waals surface area contributed by atoms with E-state index in [2.05, 4.69) is 4.90 Å². The van der Waals surface area contributed by atoms with E-state index in [1.807, 2.05) is 36.0 Å². The molecule has 0 saturated carbocycles. The third-order valence-electron chi connectivity index (χ3n) is 7.71. The quantitative estimate of drug-likeness (QED) is 0.367. The van der Waals surface area contributed by atoms with Crippen LogP contribution in [0.4, 0.5) is 4.39 Å². The molecule has 0 N–H and O–H groups in total. The van der Waals surface area contributed by atoms with Gasteiger partial charge in [0, 0.05) is 51.4 Å². The van der Waals surface area contributed by atoms with Crippen molar-refractivity contribution in [2.75, 3.05) is 60.2 Å². The van der Waals surface area contributed by atoms with Crippen LogP contribution in [0.3, 0.4) is 0 Å². The number of hydrazone groups is 1. The van der Waals surface area contributed by atoms with E-state index in [-0.39, 0.29) is 24.6 Å². The molecule has 2 aromatic carbocycles. The van der Waals surface area contributed by atoms with Gasteiger partial charge in [-0.25, -0.2) is 9.40 Å². The number of benzene rings is 2. The Morgan fingerprint density at radius 2 is 1.86 bits per heavy atom. The Bertz CT molecular complexity index is 1450. The van der Waals surface area contributed by atoms with Crippen LogP contribution in [-0.2, 0) is 16.6 Å². The number of hydrogen-bond donors (Lipinski definition) is 0. The van der Waals surface area contributed by atoms with E-state index in [4.69, 9.17) is 19.3 Å². The van der Waals surface area contributed by atoms with Crippen molar-refractivity contribution in [2.45, 2.75) is 12.5 Å². The molecule has 0 bridgehead atoms. The number of nitrogens with zero attached hydrogens (tertiary/aromatic N) is 5. The van der Waals surface area contributed by atoms with Crippen molar-refractivity contribution in [1.29, 1.82) is 0 Å². The van der Waals surface area contributed by atoms with E-state index in [1.165, 1.54) is 28.1 Å². The molecule has 2 aliphatic heterocycles. The summed E-state index contributed by atoms with van der Waals surface area (Å²) in [5.74, 6) is -0.353. The number of halogens is 1. The summed E-state index contributed by atoms with van der Waals surface area (Å²) in [5, 5.41) is 6.20. The number of aryl methyl sites for hydroxylation is 1. The molecule has 2 amide bonds.